The molecule has 1 aromatic heterocycles. The van der Waals surface area contributed by atoms with Crippen molar-refractivity contribution in [1.29, 1.82) is 0 Å². The summed E-state index contributed by atoms with van der Waals surface area (Å²) in [6.45, 7) is 2.21. The van der Waals surface area contributed by atoms with Gasteiger partial charge in [0.15, 0.2) is 0 Å². The highest BCUT2D eigenvalue weighted by Gasteiger charge is 2.21. The normalized spacial score (nSPS) is 13.7. The summed E-state index contributed by atoms with van der Waals surface area (Å²) < 4.78 is 11.7. The van der Waals surface area contributed by atoms with Crippen molar-refractivity contribution in [2.75, 3.05) is 0 Å². The molecule has 1 aliphatic rings. The van der Waals surface area contributed by atoms with Crippen LogP contribution < -0.4 is 10.4 Å². The minimum Gasteiger partial charge on any atom is -0.488 e. The number of ether oxygens (including phenoxy) is 1. The molecule has 3 nitrogen and oxygen atoms in total. The zero-order valence-electron chi connectivity index (χ0n) is 14.4. The zero-order valence-corrected chi connectivity index (χ0v) is 15.9. The first kappa shape index (κ1) is 17.4. The second-order valence-corrected chi connectivity index (χ2v) is 7.49. The van der Waals surface area contributed by atoms with Crippen molar-refractivity contribution < 1.29 is 9.15 Å². The second kappa shape index (κ2) is 6.98. The highest BCUT2D eigenvalue weighted by molar-refractivity contribution is 6.35. The number of halogens is 2. The molecule has 0 spiro atoms. The number of rotatable bonds is 3. The third-order valence-corrected chi connectivity index (χ3v) is 5.57. The maximum absolute atomic E-state index is 12.3. The molecule has 0 saturated heterocycles. The standard InChI is InChI=1S/C21H18Cl2O3/c1-12-9-18(25-11-15-16(22)7-4-8-17(15)23)20-13-5-2-3-6-14(13)21(24)26-19(20)10-12/h4,7-10H,2-3,5-6,11H2,1H3. The first-order valence-corrected chi connectivity index (χ1v) is 9.45. The lowest BCUT2D eigenvalue weighted by Crippen LogP contribution is -2.16. The molecule has 5 heteroatoms. The van der Waals surface area contributed by atoms with Crippen LogP contribution in [0.15, 0.2) is 39.5 Å². The van der Waals surface area contributed by atoms with Crippen LogP contribution in [0.25, 0.3) is 11.0 Å². The van der Waals surface area contributed by atoms with Gasteiger partial charge in [-0.3, -0.25) is 0 Å². The van der Waals surface area contributed by atoms with Crippen molar-refractivity contribution in [2.45, 2.75) is 39.2 Å². The van der Waals surface area contributed by atoms with Gasteiger partial charge in [-0.25, -0.2) is 4.79 Å². The molecular weight excluding hydrogens is 371 g/mol. The Balaban J connectivity index is 1.83. The molecule has 0 bridgehead atoms. The predicted octanol–water partition coefficient (Wildman–Crippen LogP) is 5.87. The quantitative estimate of drug-likeness (QED) is 0.526. The van der Waals surface area contributed by atoms with Crippen molar-refractivity contribution in [2.24, 2.45) is 0 Å². The van der Waals surface area contributed by atoms with E-state index in [2.05, 4.69) is 0 Å². The van der Waals surface area contributed by atoms with E-state index in [9.17, 15) is 4.79 Å². The van der Waals surface area contributed by atoms with Gasteiger partial charge in [-0.05, 0) is 68.0 Å². The molecule has 3 aromatic rings. The molecule has 1 heterocycles. The maximum atomic E-state index is 12.3. The van der Waals surface area contributed by atoms with Gasteiger partial charge in [-0.15, -0.1) is 0 Å². The van der Waals surface area contributed by atoms with Crippen LogP contribution in [-0.4, -0.2) is 0 Å². The van der Waals surface area contributed by atoms with Gasteiger partial charge in [-0.2, -0.15) is 0 Å². The van der Waals surface area contributed by atoms with Crippen LogP contribution in [0, 0.1) is 6.92 Å². The van der Waals surface area contributed by atoms with Gasteiger partial charge < -0.3 is 9.15 Å². The molecule has 2 aromatic carbocycles. The molecule has 0 atom stereocenters. The van der Waals surface area contributed by atoms with Crippen LogP contribution in [-0.2, 0) is 19.4 Å². The molecule has 134 valence electrons. The Hall–Kier alpha value is -1.97. The molecule has 26 heavy (non-hydrogen) atoms. The maximum Gasteiger partial charge on any atom is 0.339 e. The van der Waals surface area contributed by atoms with Crippen molar-refractivity contribution in [3.8, 4) is 5.75 Å². The van der Waals surface area contributed by atoms with Crippen molar-refractivity contribution in [3.05, 3.63) is 73.1 Å². The minimum absolute atomic E-state index is 0.224. The first-order chi connectivity index (χ1) is 12.5. The van der Waals surface area contributed by atoms with Gasteiger partial charge in [0.1, 0.15) is 17.9 Å². The van der Waals surface area contributed by atoms with E-state index >= 15 is 0 Å². The fourth-order valence-corrected chi connectivity index (χ4v) is 4.11. The topological polar surface area (TPSA) is 39.4 Å². The molecule has 0 amide bonds. The number of benzene rings is 2. The Morgan fingerprint density at radius 3 is 2.50 bits per heavy atom. The minimum atomic E-state index is -0.224. The second-order valence-electron chi connectivity index (χ2n) is 6.68. The average Bonchev–Trinajstić information content (AvgIpc) is 2.61. The van der Waals surface area contributed by atoms with Crippen LogP contribution in [0.5, 0.6) is 5.75 Å². The van der Waals surface area contributed by atoms with Gasteiger partial charge in [-0.1, -0.05) is 29.3 Å². The Morgan fingerprint density at radius 1 is 1.08 bits per heavy atom. The smallest absolute Gasteiger partial charge is 0.339 e. The highest BCUT2D eigenvalue weighted by Crippen LogP contribution is 2.35. The molecule has 0 saturated carbocycles. The van der Waals surface area contributed by atoms with E-state index in [1.807, 2.05) is 19.1 Å². The van der Waals surface area contributed by atoms with Crippen molar-refractivity contribution >= 4 is 34.2 Å². The summed E-state index contributed by atoms with van der Waals surface area (Å²) in [5, 5.41) is 2.04. The lowest BCUT2D eigenvalue weighted by atomic mass is 9.90. The van der Waals surface area contributed by atoms with E-state index in [1.165, 1.54) is 0 Å². The molecule has 0 aliphatic heterocycles. The van der Waals surface area contributed by atoms with Crippen LogP contribution >= 0.6 is 23.2 Å². The Morgan fingerprint density at radius 2 is 1.77 bits per heavy atom. The van der Waals surface area contributed by atoms with E-state index in [0.717, 1.165) is 53.3 Å². The number of hydrogen-bond donors (Lipinski definition) is 0. The predicted molar refractivity (Wildman–Crippen MR) is 105 cm³/mol. The van der Waals surface area contributed by atoms with Gasteiger partial charge in [0.05, 0.1) is 5.39 Å². The van der Waals surface area contributed by atoms with E-state index in [-0.39, 0.29) is 12.2 Å². The molecule has 0 radical (unpaired) electrons. The fourth-order valence-electron chi connectivity index (χ4n) is 3.60. The molecule has 1 aliphatic carbocycles. The van der Waals surface area contributed by atoms with E-state index in [4.69, 9.17) is 32.4 Å². The van der Waals surface area contributed by atoms with Crippen LogP contribution in [0.2, 0.25) is 10.0 Å². The highest BCUT2D eigenvalue weighted by atomic mass is 35.5. The summed E-state index contributed by atoms with van der Waals surface area (Å²) in [6, 6.07) is 9.26. The Bertz CT molecular complexity index is 1030. The summed E-state index contributed by atoms with van der Waals surface area (Å²) in [7, 11) is 0. The lowest BCUT2D eigenvalue weighted by molar-refractivity contribution is 0.309. The van der Waals surface area contributed by atoms with Crippen molar-refractivity contribution in [3.63, 3.8) is 0 Å². The van der Waals surface area contributed by atoms with Crippen molar-refractivity contribution in [1.82, 2.24) is 0 Å². The Labute approximate surface area is 161 Å². The summed E-state index contributed by atoms with van der Waals surface area (Å²) in [4.78, 5) is 12.3. The molecule has 0 N–H and O–H groups in total. The average molecular weight is 389 g/mol. The van der Waals surface area contributed by atoms with Crippen LogP contribution in [0.4, 0.5) is 0 Å². The number of hydrogen-bond acceptors (Lipinski definition) is 3. The van der Waals surface area contributed by atoms with Crippen LogP contribution in [0.3, 0.4) is 0 Å². The SMILES string of the molecule is Cc1cc(OCc2c(Cl)cccc2Cl)c2c3c(c(=O)oc2c1)CCCC3. The number of aryl methyl sites for hydroxylation is 2. The molecule has 4 rings (SSSR count). The Kier molecular flexibility index (Phi) is 4.68. The summed E-state index contributed by atoms with van der Waals surface area (Å²) >= 11 is 12.5. The van der Waals surface area contributed by atoms with E-state index in [1.54, 1.807) is 18.2 Å². The monoisotopic (exact) mass is 388 g/mol. The summed E-state index contributed by atoms with van der Waals surface area (Å²) in [6.07, 6.45) is 3.71. The van der Waals surface area contributed by atoms with Gasteiger partial charge in [0.2, 0.25) is 0 Å². The van der Waals surface area contributed by atoms with E-state index < -0.39 is 0 Å². The fraction of sp³-hybridized carbons (Fsp3) is 0.286. The number of fused-ring (bicyclic) bond motifs is 3. The molecular formula is C21H18Cl2O3. The lowest BCUT2D eigenvalue weighted by Gasteiger charge is -2.19. The van der Waals surface area contributed by atoms with Gasteiger partial charge >= 0.3 is 5.63 Å². The van der Waals surface area contributed by atoms with Gasteiger partial charge in [0.25, 0.3) is 0 Å². The molecule has 0 fully saturated rings. The largest absolute Gasteiger partial charge is 0.488 e. The zero-order chi connectivity index (χ0) is 18.3. The molecule has 0 unspecified atom stereocenters. The van der Waals surface area contributed by atoms with E-state index in [0.29, 0.717) is 21.4 Å². The van der Waals surface area contributed by atoms with Gasteiger partial charge in [0, 0.05) is 21.2 Å². The first-order valence-electron chi connectivity index (χ1n) is 8.69. The third-order valence-electron chi connectivity index (χ3n) is 4.86. The summed E-state index contributed by atoms with van der Waals surface area (Å²) in [5.74, 6) is 0.706. The van der Waals surface area contributed by atoms with Crippen LogP contribution in [0.1, 0.15) is 35.1 Å². The third kappa shape index (κ3) is 3.10. The summed E-state index contributed by atoms with van der Waals surface area (Å²) in [5.41, 5.74) is 3.91.